The topological polar surface area (TPSA) is 95.9 Å². The highest BCUT2D eigenvalue weighted by atomic mass is 16.6. The highest BCUT2D eigenvalue weighted by Gasteiger charge is 2.38. The molecule has 0 heterocycles. The number of carbonyl (C=O) groups excluding carboxylic acids is 2. The average Bonchev–Trinajstić information content (AvgIpc) is 3.44. The number of aliphatic carboxylic acids is 1. The first-order chi connectivity index (χ1) is 22.9. The number of rotatable bonds is 11. The SMILES string of the molecule is CN(C(=O)OCC1c2ccccc2-c2ccccc21)[C@H](CCC(=O)NC(c1ccccc1)(c1ccccc1)c1ccccc1)C(=O)O. The van der Waals surface area contributed by atoms with Gasteiger partial charge in [0.05, 0.1) is 0 Å². The number of nitrogens with one attached hydrogen (secondary N) is 1. The van der Waals surface area contributed by atoms with Crippen molar-refractivity contribution in [3.63, 3.8) is 0 Å². The van der Waals surface area contributed by atoms with E-state index in [1.807, 2.05) is 127 Å². The quantitative estimate of drug-likeness (QED) is 0.152. The van der Waals surface area contributed by atoms with Crippen molar-refractivity contribution in [1.29, 1.82) is 0 Å². The van der Waals surface area contributed by atoms with Gasteiger partial charge < -0.3 is 15.2 Å². The van der Waals surface area contributed by atoms with E-state index in [9.17, 15) is 19.5 Å². The number of fused-ring (bicyclic) bond motifs is 3. The molecule has 0 radical (unpaired) electrons. The maximum absolute atomic E-state index is 13.8. The predicted molar refractivity (Wildman–Crippen MR) is 181 cm³/mol. The van der Waals surface area contributed by atoms with Crippen molar-refractivity contribution in [3.05, 3.63) is 167 Å². The van der Waals surface area contributed by atoms with Gasteiger partial charge in [-0.3, -0.25) is 9.69 Å². The zero-order valence-electron chi connectivity index (χ0n) is 26.1. The third kappa shape index (κ3) is 6.25. The molecule has 0 fully saturated rings. The Morgan fingerprint density at radius 3 is 1.57 bits per heavy atom. The number of amides is 2. The molecule has 0 saturated carbocycles. The lowest BCUT2D eigenvalue weighted by Crippen LogP contribution is -2.49. The predicted octanol–water partition coefficient (Wildman–Crippen LogP) is 7.21. The van der Waals surface area contributed by atoms with Gasteiger partial charge in [-0.25, -0.2) is 9.59 Å². The highest BCUT2D eigenvalue weighted by Crippen LogP contribution is 2.44. The fourth-order valence-electron chi connectivity index (χ4n) is 6.63. The monoisotopic (exact) mass is 624 g/mol. The van der Waals surface area contributed by atoms with Crippen LogP contribution in [0.5, 0.6) is 0 Å². The second-order valence-electron chi connectivity index (χ2n) is 11.7. The summed E-state index contributed by atoms with van der Waals surface area (Å²) in [5.41, 5.74) is 5.87. The van der Waals surface area contributed by atoms with E-state index in [1.54, 1.807) is 0 Å². The number of carbonyl (C=O) groups is 3. The van der Waals surface area contributed by atoms with Crippen molar-refractivity contribution < 1.29 is 24.2 Å². The van der Waals surface area contributed by atoms with Crippen molar-refractivity contribution in [1.82, 2.24) is 10.2 Å². The number of carboxylic acid groups (broad SMARTS) is 1. The van der Waals surface area contributed by atoms with E-state index < -0.39 is 23.6 Å². The fourth-order valence-corrected chi connectivity index (χ4v) is 6.63. The number of benzene rings is 5. The van der Waals surface area contributed by atoms with Crippen LogP contribution < -0.4 is 5.32 Å². The Morgan fingerprint density at radius 1 is 0.702 bits per heavy atom. The van der Waals surface area contributed by atoms with Gasteiger partial charge in [-0.2, -0.15) is 0 Å². The molecule has 5 aromatic rings. The maximum atomic E-state index is 13.8. The van der Waals surface area contributed by atoms with Crippen molar-refractivity contribution in [2.24, 2.45) is 0 Å². The minimum Gasteiger partial charge on any atom is -0.480 e. The van der Waals surface area contributed by atoms with Gasteiger partial charge in [-0.1, -0.05) is 140 Å². The fraction of sp³-hybridized carbons (Fsp3) is 0.175. The average molecular weight is 625 g/mol. The van der Waals surface area contributed by atoms with Gasteiger partial charge in [0.15, 0.2) is 0 Å². The molecule has 0 saturated heterocycles. The van der Waals surface area contributed by atoms with Crippen LogP contribution >= 0.6 is 0 Å². The number of hydrogen-bond acceptors (Lipinski definition) is 4. The van der Waals surface area contributed by atoms with Crippen LogP contribution in [0.4, 0.5) is 4.79 Å². The van der Waals surface area contributed by atoms with E-state index in [4.69, 9.17) is 4.74 Å². The van der Waals surface area contributed by atoms with Crippen LogP contribution in [-0.2, 0) is 19.9 Å². The lowest BCUT2D eigenvalue weighted by atomic mass is 9.77. The zero-order valence-corrected chi connectivity index (χ0v) is 26.1. The lowest BCUT2D eigenvalue weighted by molar-refractivity contribution is -0.142. The second kappa shape index (κ2) is 13.7. The normalized spacial score (nSPS) is 12.8. The van der Waals surface area contributed by atoms with Gasteiger partial charge in [0.2, 0.25) is 5.91 Å². The third-order valence-electron chi connectivity index (χ3n) is 8.97. The maximum Gasteiger partial charge on any atom is 0.410 e. The molecule has 7 nitrogen and oxygen atoms in total. The van der Waals surface area contributed by atoms with Crippen molar-refractivity contribution in [2.75, 3.05) is 13.7 Å². The van der Waals surface area contributed by atoms with E-state index in [0.29, 0.717) is 0 Å². The van der Waals surface area contributed by atoms with Crippen LogP contribution in [0.25, 0.3) is 11.1 Å². The second-order valence-corrected chi connectivity index (χ2v) is 11.7. The van der Waals surface area contributed by atoms with Crippen LogP contribution in [0.1, 0.15) is 46.6 Å². The van der Waals surface area contributed by atoms with Gasteiger partial charge in [-0.15, -0.1) is 0 Å². The summed E-state index contributed by atoms with van der Waals surface area (Å²) >= 11 is 0. The summed E-state index contributed by atoms with van der Waals surface area (Å²) in [5.74, 6) is -1.72. The van der Waals surface area contributed by atoms with Gasteiger partial charge in [0.25, 0.3) is 0 Å². The van der Waals surface area contributed by atoms with Crippen LogP contribution in [0, 0.1) is 0 Å². The summed E-state index contributed by atoms with van der Waals surface area (Å²) in [5, 5.41) is 13.4. The van der Waals surface area contributed by atoms with Crippen LogP contribution in [0.15, 0.2) is 140 Å². The van der Waals surface area contributed by atoms with E-state index in [0.717, 1.165) is 43.8 Å². The largest absolute Gasteiger partial charge is 0.480 e. The zero-order chi connectivity index (χ0) is 32.8. The molecule has 7 heteroatoms. The van der Waals surface area contributed by atoms with Crippen molar-refractivity contribution in [3.8, 4) is 11.1 Å². The molecule has 47 heavy (non-hydrogen) atoms. The Kier molecular flexibility index (Phi) is 9.16. The summed E-state index contributed by atoms with van der Waals surface area (Å²) < 4.78 is 5.72. The molecule has 0 aliphatic heterocycles. The number of hydrogen-bond donors (Lipinski definition) is 2. The number of nitrogens with zero attached hydrogens (tertiary/aromatic N) is 1. The number of likely N-dealkylation sites (N-methyl/N-ethyl adjacent to an activating group) is 1. The van der Waals surface area contributed by atoms with E-state index in [1.165, 1.54) is 7.05 Å². The molecule has 6 rings (SSSR count). The highest BCUT2D eigenvalue weighted by molar-refractivity contribution is 5.83. The summed E-state index contributed by atoms with van der Waals surface area (Å²) in [4.78, 5) is 40.5. The molecule has 0 spiro atoms. The third-order valence-corrected chi connectivity index (χ3v) is 8.97. The van der Waals surface area contributed by atoms with Gasteiger partial charge in [0.1, 0.15) is 18.2 Å². The van der Waals surface area contributed by atoms with Crippen molar-refractivity contribution in [2.45, 2.75) is 30.3 Å². The molecule has 0 unspecified atom stereocenters. The first-order valence-corrected chi connectivity index (χ1v) is 15.7. The van der Waals surface area contributed by atoms with Crippen LogP contribution in [0.2, 0.25) is 0 Å². The standard InChI is InChI=1S/C40H36N2O5/c1-42(39(46)47-27-35-33-23-13-11-21-31(33)32-22-12-14-24-34(32)35)36(38(44)45)25-26-37(43)41-40(28-15-5-2-6-16-28,29-17-7-3-8-18-29)30-19-9-4-10-20-30/h2-24,35-36H,25-27H2,1H3,(H,41,43)(H,44,45)/t36-/m1/s1. The number of ether oxygens (including phenoxy) is 1. The first-order valence-electron chi connectivity index (χ1n) is 15.7. The summed E-state index contributed by atoms with van der Waals surface area (Å²) in [6.45, 7) is 0.0672. The summed E-state index contributed by atoms with van der Waals surface area (Å²) in [6.07, 6.45) is -0.991. The smallest absolute Gasteiger partial charge is 0.410 e. The Hall–Kier alpha value is -5.69. The Morgan fingerprint density at radius 2 is 1.13 bits per heavy atom. The molecule has 236 valence electrons. The van der Waals surface area contributed by atoms with E-state index in [2.05, 4.69) is 17.4 Å². The Balaban J connectivity index is 1.18. The first kappa shape index (κ1) is 31.3. The van der Waals surface area contributed by atoms with Crippen LogP contribution in [0.3, 0.4) is 0 Å². The summed E-state index contributed by atoms with van der Waals surface area (Å²) in [7, 11) is 1.40. The molecule has 5 aromatic carbocycles. The molecule has 1 aliphatic rings. The number of carboxylic acids is 1. The van der Waals surface area contributed by atoms with Gasteiger partial charge in [0, 0.05) is 19.4 Å². The van der Waals surface area contributed by atoms with Gasteiger partial charge >= 0.3 is 12.1 Å². The Labute approximate surface area is 274 Å². The molecule has 0 bridgehead atoms. The van der Waals surface area contributed by atoms with E-state index >= 15 is 0 Å². The molecule has 0 aromatic heterocycles. The van der Waals surface area contributed by atoms with E-state index in [-0.39, 0.29) is 31.3 Å². The molecule has 2 N–H and O–H groups in total. The molecule has 2 amide bonds. The molecular formula is C40H36N2O5. The summed E-state index contributed by atoms with van der Waals surface area (Å²) in [6, 6.07) is 43.8. The lowest BCUT2D eigenvalue weighted by Gasteiger charge is -2.37. The van der Waals surface area contributed by atoms with Crippen molar-refractivity contribution >= 4 is 18.0 Å². The molecule has 1 aliphatic carbocycles. The minimum absolute atomic E-state index is 0.0672. The molecular weight excluding hydrogens is 588 g/mol. The Bertz CT molecular complexity index is 1720. The van der Waals surface area contributed by atoms with Gasteiger partial charge in [-0.05, 0) is 45.4 Å². The van der Waals surface area contributed by atoms with Crippen LogP contribution in [-0.4, -0.2) is 47.7 Å². The minimum atomic E-state index is -1.27. The molecule has 1 atom stereocenters.